The number of unbranched alkanes of at least 4 members (excludes halogenated alkanes) is 1. The summed E-state index contributed by atoms with van der Waals surface area (Å²) in [4.78, 5) is 3.38. The van der Waals surface area contributed by atoms with Gasteiger partial charge in [-0.3, -0.25) is 0 Å². The second-order valence-corrected chi connectivity index (χ2v) is 7.23. The third-order valence-corrected chi connectivity index (χ3v) is 5.31. The fourth-order valence-electron chi connectivity index (χ4n) is 2.94. The molecule has 1 aromatic heterocycles. The molecule has 0 saturated carbocycles. The number of halogens is 4. The number of hydrogen-bond acceptors (Lipinski definition) is 1. The van der Waals surface area contributed by atoms with E-state index in [1.165, 1.54) is 0 Å². The van der Waals surface area contributed by atoms with E-state index in [2.05, 4.69) is 4.98 Å². The number of aromatic amines is 1. The van der Waals surface area contributed by atoms with Crippen molar-refractivity contribution in [3.8, 4) is 11.3 Å². The monoisotopic (exact) mass is 400 g/mol. The standard InChI is InChI=1S/C18H16Cl4N2/c19-11-5-3-6-12(20)16(11)17-10(4-1-2-9-23)15-13(21)7-8-14(22)18(15)24-17/h3,5-8,24H,1-2,4,9,23H2. The molecule has 0 radical (unpaired) electrons. The SMILES string of the molecule is NCCCCc1c(-c2c(Cl)cccc2Cl)[nH]c2c(Cl)ccc(Cl)c12. The highest BCUT2D eigenvalue weighted by atomic mass is 35.5. The van der Waals surface area contributed by atoms with E-state index in [-0.39, 0.29) is 0 Å². The molecular weight excluding hydrogens is 386 g/mol. The molecule has 3 aromatic rings. The lowest BCUT2D eigenvalue weighted by atomic mass is 10.00. The molecule has 3 N–H and O–H groups in total. The minimum atomic E-state index is 0.585. The van der Waals surface area contributed by atoms with Gasteiger partial charge in [-0.25, -0.2) is 0 Å². The van der Waals surface area contributed by atoms with E-state index in [0.717, 1.165) is 47.0 Å². The Labute approximate surface area is 160 Å². The van der Waals surface area contributed by atoms with Crippen LogP contribution in [0.15, 0.2) is 30.3 Å². The topological polar surface area (TPSA) is 41.8 Å². The molecule has 24 heavy (non-hydrogen) atoms. The van der Waals surface area contributed by atoms with Crippen LogP contribution >= 0.6 is 46.4 Å². The smallest absolute Gasteiger partial charge is 0.0666 e. The number of fused-ring (bicyclic) bond motifs is 1. The maximum absolute atomic E-state index is 6.46. The van der Waals surface area contributed by atoms with Crippen LogP contribution in [0.4, 0.5) is 0 Å². The molecular formula is C18H16Cl4N2. The number of rotatable bonds is 5. The van der Waals surface area contributed by atoms with Crippen molar-refractivity contribution in [2.24, 2.45) is 5.73 Å². The first-order valence-corrected chi connectivity index (χ1v) is 9.18. The lowest BCUT2D eigenvalue weighted by molar-refractivity contribution is 0.748. The summed E-state index contributed by atoms with van der Waals surface area (Å²) >= 11 is 25.7. The number of hydrogen-bond donors (Lipinski definition) is 2. The molecule has 126 valence electrons. The highest BCUT2D eigenvalue weighted by Crippen LogP contribution is 2.42. The quantitative estimate of drug-likeness (QED) is 0.457. The van der Waals surface area contributed by atoms with Crippen molar-refractivity contribution in [2.75, 3.05) is 6.54 Å². The molecule has 3 rings (SSSR count). The first kappa shape index (κ1) is 17.9. The average Bonchev–Trinajstić information content (AvgIpc) is 2.92. The van der Waals surface area contributed by atoms with Crippen LogP contribution in [0.1, 0.15) is 18.4 Å². The van der Waals surface area contributed by atoms with Crippen molar-refractivity contribution in [1.82, 2.24) is 4.98 Å². The summed E-state index contributed by atoms with van der Waals surface area (Å²) in [7, 11) is 0. The van der Waals surface area contributed by atoms with E-state index in [9.17, 15) is 0 Å². The Bertz CT molecular complexity index is 866. The van der Waals surface area contributed by atoms with Crippen molar-refractivity contribution in [3.05, 3.63) is 56.0 Å². The van der Waals surface area contributed by atoms with Gasteiger partial charge in [0, 0.05) is 10.9 Å². The lowest BCUT2D eigenvalue weighted by Crippen LogP contribution is -1.99. The normalized spacial score (nSPS) is 11.4. The predicted molar refractivity (Wildman–Crippen MR) is 106 cm³/mol. The molecule has 6 heteroatoms. The number of aromatic nitrogens is 1. The van der Waals surface area contributed by atoms with E-state index in [1.54, 1.807) is 6.07 Å². The molecule has 0 fully saturated rings. The minimum Gasteiger partial charge on any atom is -0.353 e. The molecule has 0 unspecified atom stereocenters. The van der Waals surface area contributed by atoms with Gasteiger partial charge in [-0.1, -0.05) is 52.5 Å². The molecule has 0 aliphatic carbocycles. The molecule has 2 nitrogen and oxygen atoms in total. The van der Waals surface area contributed by atoms with E-state index in [1.807, 2.05) is 24.3 Å². The van der Waals surface area contributed by atoms with Gasteiger partial charge in [0.15, 0.2) is 0 Å². The van der Waals surface area contributed by atoms with E-state index in [0.29, 0.717) is 26.6 Å². The van der Waals surface area contributed by atoms with Gasteiger partial charge in [-0.05, 0) is 55.6 Å². The van der Waals surface area contributed by atoms with Crippen LogP contribution in [0.2, 0.25) is 20.1 Å². The third-order valence-electron chi connectivity index (χ3n) is 4.05. The van der Waals surface area contributed by atoms with Crippen LogP contribution in [0.5, 0.6) is 0 Å². The number of nitrogens with two attached hydrogens (primary N) is 1. The summed E-state index contributed by atoms with van der Waals surface area (Å²) in [5.41, 5.74) is 9.15. The molecule has 0 aliphatic rings. The zero-order chi connectivity index (χ0) is 17.3. The van der Waals surface area contributed by atoms with Crippen molar-refractivity contribution in [3.63, 3.8) is 0 Å². The van der Waals surface area contributed by atoms with Gasteiger partial charge in [0.2, 0.25) is 0 Å². The molecule has 1 heterocycles. The molecule has 2 aromatic carbocycles. The highest BCUT2D eigenvalue weighted by Gasteiger charge is 2.20. The van der Waals surface area contributed by atoms with Gasteiger partial charge >= 0.3 is 0 Å². The molecule has 0 saturated heterocycles. The van der Waals surface area contributed by atoms with E-state index < -0.39 is 0 Å². The van der Waals surface area contributed by atoms with Crippen molar-refractivity contribution in [1.29, 1.82) is 0 Å². The first-order chi connectivity index (χ1) is 11.5. The first-order valence-electron chi connectivity index (χ1n) is 7.67. The second kappa shape index (κ2) is 7.55. The Hall–Kier alpha value is -0.900. The number of H-pyrrole nitrogens is 1. The van der Waals surface area contributed by atoms with Gasteiger partial charge in [0.1, 0.15) is 0 Å². The van der Waals surface area contributed by atoms with E-state index >= 15 is 0 Å². The Balaban J connectivity index is 2.28. The summed E-state index contributed by atoms with van der Waals surface area (Å²) in [6.45, 7) is 0.652. The summed E-state index contributed by atoms with van der Waals surface area (Å²) in [5, 5.41) is 3.36. The molecule has 0 spiro atoms. The van der Waals surface area contributed by atoms with E-state index in [4.69, 9.17) is 52.1 Å². The van der Waals surface area contributed by atoms with Crippen molar-refractivity contribution in [2.45, 2.75) is 19.3 Å². The van der Waals surface area contributed by atoms with Crippen LogP contribution in [-0.2, 0) is 6.42 Å². The van der Waals surface area contributed by atoms with Crippen LogP contribution in [-0.4, -0.2) is 11.5 Å². The number of nitrogens with one attached hydrogen (secondary N) is 1. The Morgan fingerprint density at radius 2 is 1.50 bits per heavy atom. The average molecular weight is 402 g/mol. The summed E-state index contributed by atoms with van der Waals surface area (Å²) in [5.74, 6) is 0. The van der Waals surface area contributed by atoms with Gasteiger partial charge in [-0.15, -0.1) is 0 Å². The van der Waals surface area contributed by atoms with Crippen LogP contribution in [0.3, 0.4) is 0 Å². The van der Waals surface area contributed by atoms with Crippen LogP contribution in [0, 0.1) is 0 Å². The molecule has 0 atom stereocenters. The minimum absolute atomic E-state index is 0.585. The van der Waals surface area contributed by atoms with Crippen LogP contribution in [0.25, 0.3) is 22.2 Å². The Morgan fingerprint density at radius 1 is 0.833 bits per heavy atom. The largest absolute Gasteiger partial charge is 0.353 e. The fourth-order valence-corrected chi connectivity index (χ4v) is 4.00. The third kappa shape index (κ3) is 3.26. The van der Waals surface area contributed by atoms with Crippen molar-refractivity contribution < 1.29 is 0 Å². The maximum Gasteiger partial charge on any atom is 0.0666 e. The summed E-state index contributed by atoms with van der Waals surface area (Å²) < 4.78 is 0. The summed E-state index contributed by atoms with van der Waals surface area (Å²) in [6.07, 6.45) is 2.69. The summed E-state index contributed by atoms with van der Waals surface area (Å²) in [6, 6.07) is 9.06. The maximum atomic E-state index is 6.46. The molecule has 0 bridgehead atoms. The Kier molecular flexibility index (Phi) is 5.63. The predicted octanol–water partition coefficient (Wildman–Crippen LogP) is 6.73. The zero-order valence-corrected chi connectivity index (χ0v) is 15.8. The van der Waals surface area contributed by atoms with Crippen LogP contribution < -0.4 is 5.73 Å². The second-order valence-electron chi connectivity index (χ2n) is 5.60. The Morgan fingerprint density at radius 3 is 2.17 bits per heavy atom. The van der Waals surface area contributed by atoms with Gasteiger partial charge in [0.05, 0.1) is 31.3 Å². The fraction of sp³-hybridized carbons (Fsp3) is 0.222. The number of benzene rings is 2. The van der Waals surface area contributed by atoms with Crippen molar-refractivity contribution >= 4 is 57.3 Å². The molecule has 0 aliphatic heterocycles. The van der Waals surface area contributed by atoms with Gasteiger partial charge in [0.25, 0.3) is 0 Å². The van der Waals surface area contributed by atoms with Gasteiger partial charge in [-0.2, -0.15) is 0 Å². The van der Waals surface area contributed by atoms with Gasteiger partial charge < -0.3 is 10.7 Å². The number of aryl methyl sites for hydroxylation is 1. The highest BCUT2D eigenvalue weighted by molar-refractivity contribution is 6.41. The zero-order valence-electron chi connectivity index (χ0n) is 12.8. The lowest BCUT2D eigenvalue weighted by Gasteiger charge is -2.09. The molecule has 0 amide bonds.